The molecule has 1 aromatic carbocycles. The second kappa shape index (κ2) is 9.82. The van der Waals surface area contributed by atoms with Crippen molar-refractivity contribution in [2.45, 2.75) is 46.1 Å². The first-order valence-electron chi connectivity index (χ1n) is 10.5. The number of nitrogens with one attached hydrogen (secondary N) is 1. The van der Waals surface area contributed by atoms with Crippen molar-refractivity contribution in [1.29, 1.82) is 0 Å². The molecule has 1 aliphatic heterocycles. The van der Waals surface area contributed by atoms with Gasteiger partial charge in [-0.25, -0.2) is 4.98 Å². The third-order valence-corrected chi connectivity index (χ3v) is 5.48. The lowest BCUT2D eigenvalue weighted by molar-refractivity contribution is -0.121. The van der Waals surface area contributed by atoms with E-state index < -0.39 is 0 Å². The average molecular weight is 385 g/mol. The van der Waals surface area contributed by atoms with Gasteiger partial charge in [-0.2, -0.15) is 0 Å². The number of nitrogens with zero attached hydrogens (tertiary/aromatic N) is 3. The minimum atomic E-state index is -0.0941. The number of para-hydroxylation sites is 1. The van der Waals surface area contributed by atoms with Gasteiger partial charge in [-0.3, -0.25) is 14.2 Å². The number of carbonyl (C=O) groups is 1. The molecular weight excluding hydrogens is 352 g/mol. The molecule has 28 heavy (non-hydrogen) atoms. The SMILES string of the molecule is CC1CC(C)CN(CCCCNC(=O)CCn2cnc3ccccc3c2=O)C1. The molecule has 0 aliphatic carbocycles. The molecule has 2 heterocycles. The van der Waals surface area contributed by atoms with E-state index in [1.165, 1.54) is 30.4 Å². The van der Waals surface area contributed by atoms with Crippen molar-refractivity contribution in [2.75, 3.05) is 26.2 Å². The molecule has 2 unspecified atom stereocenters. The molecule has 1 fully saturated rings. The number of rotatable bonds is 8. The van der Waals surface area contributed by atoms with Crippen molar-refractivity contribution in [3.05, 3.63) is 40.9 Å². The van der Waals surface area contributed by atoms with Gasteiger partial charge in [-0.15, -0.1) is 0 Å². The van der Waals surface area contributed by atoms with E-state index in [1.54, 1.807) is 6.07 Å². The highest BCUT2D eigenvalue weighted by atomic mass is 16.1. The first-order chi connectivity index (χ1) is 13.5. The summed E-state index contributed by atoms with van der Waals surface area (Å²) in [5, 5.41) is 3.56. The van der Waals surface area contributed by atoms with Gasteiger partial charge in [0.25, 0.3) is 5.56 Å². The lowest BCUT2D eigenvalue weighted by Crippen LogP contribution is -2.39. The predicted octanol–water partition coefficient (Wildman–Crippen LogP) is 2.66. The van der Waals surface area contributed by atoms with Gasteiger partial charge in [0.15, 0.2) is 0 Å². The van der Waals surface area contributed by atoms with Crippen LogP contribution in [0.1, 0.15) is 39.5 Å². The largest absolute Gasteiger partial charge is 0.356 e. The van der Waals surface area contributed by atoms with Crippen LogP contribution in [-0.2, 0) is 11.3 Å². The molecule has 1 amide bonds. The molecule has 152 valence electrons. The summed E-state index contributed by atoms with van der Waals surface area (Å²) in [5.41, 5.74) is 0.592. The molecule has 1 saturated heterocycles. The number of aryl methyl sites for hydroxylation is 1. The molecule has 1 aliphatic rings. The molecule has 0 saturated carbocycles. The fourth-order valence-electron chi connectivity index (χ4n) is 4.24. The van der Waals surface area contributed by atoms with Crippen molar-refractivity contribution in [1.82, 2.24) is 19.8 Å². The Labute approximate surface area is 166 Å². The molecule has 0 bridgehead atoms. The van der Waals surface area contributed by atoms with Gasteiger partial charge in [0, 0.05) is 32.6 Å². The summed E-state index contributed by atoms with van der Waals surface area (Å²) in [6, 6.07) is 7.27. The first kappa shape index (κ1) is 20.5. The number of unbranched alkanes of at least 4 members (excludes halogenated alkanes) is 1. The molecule has 0 spiro atoms. The van der Waals surface area contributed by atoms with Crippen LogP contribution in [0.5, 0.6) is 0 Å². The highest BCUT2D eigenvalue weighted by Gasteiger charge is 2.20. The quantitative estimate of drug-likeness (QED) is 0.711. The van der Waals surface area contributed by atoms with Crippen molar-refractivity contribution >= 4 is 16.8 Å². The summed E-state index contributed by atoms with van der Waals surface area (Å²) >= 11 is 0. The number of hydrogen-bond acceptors (Lipinski definition) is 4. The summed E-state index contributed by atoms with van der Waals surface area (Å²) in [4.78, 5) is 31.4. The Bertz CT molecular complexity index is 838. The molecular formula is C22H32N4O2. The number of benzene rings is 1. The number of piperidine rings is 1. The van der Waals surface area contributed by atoms with Crippen molar-refractivity contribution in [3.8, 4) is 0 Å². The van der Waals surface area contributed by atoms with E-state index in [9.17, 15) is 9.59 Å². The van der Waals surface area contributed by atoms with Gasteiger partial charge >= 0.3 is 0 Å². The zero-order valence-corrected chi connectivity index (χ0v) is 17.1. The highest BCUT2D eigenvalue weighted by molar-refractivity contribution is 5.77. The maximum absolute atomic E-state index is 12.4. The van der Waals surface area contributed by atoms with Crippen molar-refractivity contribution in [3.63, 3.8) is 0 Å². The third-order valence-electron chi connectivity index (χ3n) is 5.48. The second-order valence-electron chi connectivity index (χ2n) is 8.27. The number of hydrogen-bond donors (Lipinski definition) is 1. The number of fused-ring (bicyclic) bond motifs is 1. The summed E-state index contributed by atoms with van der Waals surface area (Å²) in [6.07, 6.45) is 5.25. The van der Waals surface area contributed by atoms with Gasteiger partial charge < -0.3 is 10.2 Å². The number of amides is 1. The van der Waals surface area contributed by atoms with Crippen molar-refractivity contribution in [2.24, 2.45) is 11.8 Å². The van der Waals surface area contributed by atoms with Gasteiger partial charge in [0.1, 0.15) is 0 Å². The van der Waals surface area contributed by atoms with E-state index in [4.69, 9.17) is 0 Å². The Kier molecular flexibility index (Phi) is 7.20. The smallest absolute Gasteiger partial charge is 0.261 e. The van der Waals surface area contributed by atoms with Crippen LogP contribution < -0.4 is 10.9 Å². The Morgan fingerprint density at radius 1 is 1.14 bits per heavy atom. The Hall–Kier alpha value is -2.21. The van der Waals surface area contributed by atoms with Crippen LogP contribution in [0.25, 0.3) is 10.9 Å². The van der Waals surface area contributed by atoms with Gasteiger partial charge in [-0.05, 0) is 49.8 Å². The van der Waals surface area contributed by atoms with E-state index in [0.717, 1.165) is 31.2 Å². The molecule has 6 heteroatoms. The highest BCUT2D eigenvalue weighted by Crippen LogP contribution is 2.20. The van der Waals surface area contributed by atoms with E-state index in [2.05, 4.69) is 29.0 Å². The number of aromatic nitrogens is 2. The van der Waals surface area contributed by atoms with E-state index in [-0.39, 0.29) is 11.5 Å². The summed E-state index contributed by atoms with van der Waals surface area (Å²) < 4.78 is 1.51. The molecule has 6 nitrogen and oxygen atoms in total. The van der Waals surface area contributed by atoms with Gasteiger partial charge in [-0.1, -0.05) is 26.0 Å². The fourth-order valence-corrected chi connectivity index (χ4v) is 4.24. The molecule has 2 atom stereocenters. The van der Waals surface area contributed by atoms with E-state index in [0.29, 0.717) is 30.4 Å². The lowest BCUT2D eigenvalue weighted by Gasteiger charge is -2.34. The van der Waals surface area contributed by atoms with Crippen LogP contribution in [0, 0.1) is 11.8 Å². The molecule has 3 rings (SSSR count). The zero-order valence-electron chi connectivity index (χ0n) is 17.1. The monoisotopic (exact) mass is 384 g/mol. The number of carbonyl (C=O) groups excluding carboxylic acids is 1. The topological polar surface area (TPSA) is 67.2 Å². The summed E-state index contributed by atoms with van der Waals surface area (Å²) in [7, 11) is 0. The molecule has 1 aromatic heterocycles. The van der Waals surface area contributed by atoms with Crippen LogP contribution in [0.2, 0.25) is 0 Å². The maximum atomic E-state index is 12.4. The summed E-state index contributed by atoms with van der Waals surface area (Å²) in [5.74, 6) is 1.56. The maximum Gasteiger partial charge on any atom is 0.261 e. The minimum Gasteiger partial charge on any atom is -0.356 e. The van der Waals surface area contributed by atoms with Crippen LogP contribution in [0.3, 0.4) is 0 Å². The Morgan fingerprint density at radius 3 is 2.68 bits per heavy atom. The van der Waals surface area contributed by atoms with E-state index in [1.807, 2.05) is 18.2 Å². The number of likely N-dealkylation sites (tertiary alicyclic amines) is 1. The summed E-state index contributed by atoms with van der Waals surface area (Å²) in [6.45, 7) is 9.23. The predicted molar refractivity (Wildman–Crippen MR) is 112 cm³/mol. The fraction of sp³-hybridized carbons (Fsp3) is 0.591. The second-order valence-corrected chi connectivity index (χ2v) is 8.27. The lowest BCUT2D eigenvalue weighted by atomic mass is 9.92. The third kappa shape index (κ3) is 5.64. The standard InChI is InChI=1S/C22H32N4O2/c1-17-13-18(2)15-25(14-17)11-6-5-10-23-21(27)9-12-26-16-24-20-8-4-3-7-19(20)22(26)28/h3-4,7-8,16-18H,5-6,9-15H2,1-2H3,(H,23,27). The van der Waals surface area contributed by atoms with Crippen LogP contribution in [-0.4, -0.2) is 46.5 Å². The van der Waals surface area contributed by atoms with Crippen LogP contribution in [0.4, 0.5) is 0 Å². The van der Waals surface area contributed by atoms with Crippen LogP contribution in [0.15, 0.2) is 35.4 Å². The average Bonchev–Trinajstić information content (AvgIpc) is 2.66. The Morgan fingerprint density at radius 2 is 1.89 bits per heavy atom. The van der Waals surface area contributed by atoms with Crippen molar-refractivity contribution < 1.29 is 4.79 Å². The first-order valence-corrected chi connectivity index (χ1v) is 10.5. The minimum absolute atomic E-state index is 0.0136. The van der Waals surface area contributed by atoms with Crippen LogP contribution >= 0.6 is 0 Å². The molecule has 0 radical (unpaired) electrons. The van der Waals surface area contributed by atoms with E-state index >= 15 is 0 Å². The zero-order chi connectivity index (χ0) is 19.9. The Balaban J connectivity index is 1.35. The normalized spacial score (nSPS) is 20.4. The van der Waals surface area contributed by atoms with Gasteiger partial charge in [0.05, 0.1) is 17.2 Å². The molecule has 2 aromatic rings. The van der Waals surface area contributed by atoms with Gasteiger partial charge in [0.2, 0.25) is 5.91 Å². The molecule has 1 N–H and O–H groups in total.